The largest absolute Gasteiger partial charge is 0.394 e. The third-order valence-corrected chi connectivity index (χ3v) is 5.18. The van der Waals surface area contributed by atoms with Crippen LogP contribution in [0.5, 0.6) is 0 Å². The summed E-state index contributed by atoms with van der Waals surface area (Å²) in [7, 11) is 0. The minimum atomic E-state index is -1.21. The van der Waals surface area contributed by atoms with Crippen LogP contribution >= 0.6 is 0 Å². The Morgan fingerprint density at radius 2 is 1.96 bits per heavy atom. The van der Waals surface area contributed by atoms with Gasteiger partial charge in [0.2, 0.25) is 5.95 Å². The normalized spacial score (nSPS) is 30.1. The van der Waals surface area contributed by atoms with E-state index in [1.165, 1.54) is 30.2 Å². The van der Waals surface area contributed by atoms with Crippen LogP contribution in [0.2, 0.25) is 0 Å². The van der Waals surface area contributed by atoms with Gasteiger partial charge in [-0.1, -0.05) is 19.3 Å². The van der Waals surface area contributed by atoms with Crippen molar-refractivity contribution in [3.8, 4) is 0 Å². The number of hydrogen-bond donors (Lipinski definition) is 5. The number of rotatable bonds is 4. The molecule has 1 saturated heterocycles. The highest BCUT2D eigenvalue weighted by Gasteiger charge is 2.44. The lowest BCUT2D eigenvalue weighted by Gasteiger charge is -2.23. The zero-order valence-corrected chi connectivity index (χ0v) is 14.3. The van der Waals surface area contributed by atoms with Crippen molar-refractivity contribution in [3.63, 3.8) is 0 Å². The van der Waals surface area contributed by atoms with E-state index in [-0.39, 0.29) is 5.82 Å². The first-order chi connectivity index (χ1) is 12.6. The molecule has 0 aromatic carbocycles. The molecule has 2 fully saturated rings. The SMILES string of the molecule is Nc1nc(NC2CCCCC2)nc2c1ncn2[C@@H]1O[C@H](CO)[C@@H](O)[C@H]1O. The Balaban J connectivity index is 1.66. The van der Waals surface area contributed by atoms with Crippen LogP contribution in [0, 0.1) is 0 Å². The molecular weight excluding hydrogens is 340 g/mol. The molecule has 0 amide bonds. The van der Waals surface area contributed by atoms with Crippen LogP contribution in [-0.2, 0) is 4.74 Å². The van der Waals surface area contributed by atoms with Crippen LogP contribution in [0.25, 0.3) is 11.2 Å². The first-order valence-electron chi connectivity index (χ1n) is 8.97. The highest BCUT2D eigenvalue weighted by atomic mass is 16.6. The van der Waals surface area contributed by atoms with Gasteiger partial charge in [-0.15, -0.1) is 0 Å². The van der Waals surface area contributed by atoms with Crippen LogP contribution in [0.3, 0.4) is 0 Å². The van der Waals surface area contributed by atoms with Crippen molar-refractivity contribution >= 4 is 22.9 Å². The Bertz CT molecular complexity index is 777. The number of aromatic nitrogens is 4. The lowest BCUT2D eigenvalue weighted by atomic mass is 9.96. The van der Waals surface area contributed by atoms with Crippen molar-refractivity contribution in [2.24, 2.45) is 0 Å². The summed E-state index contributed by atoms with van der Waals surface area (Å²) in [5.41, 5.74) is 6.84. The third kappa shape index (κ3) is 2.98. The maximum absolute atomic E-state index is 10.3. The molecular formula is C16H24N6O4. The molecule has 0 bridgehead atoms. The molecule has 1 aliphatic carbocycles. The molecule has 2 aromatic rings. The zero-order chi connectivity index (χ0) is 18.3. The lowest BCUT2D eigenvalue weighted by Crippen LogP contribution is -2.33. The molecule has 0 radical (unpaired) electrons. The second kappa shape index (κ2) is 6.95. The average molecular weight is 364 g/mol. The third-order valence-electron chi connectivity index (χ3n) is 5.18. The Morgan fingerprint density at radius 3 is 2.65 bits per heavy atom. The summed E-state index contributed by atoms with van der Waals surface area (Å²) in [4.78, 5) is 13.0. The quantitative estimate of drug-likeness (QED) is 0.495. The number of nitrogens with one attached hydrogen (secondary N) is 1. The fourth-order valence-corrected chi connectivity index (χ4v) is 3.73. The summed E-state index contributed by atoms with van der Waals surface area (Å²) in [5, 5.41) is 32.9. The second-order valence-corrected chi connectivity index (χ2v) is 6.96. The van der Waals surface area contributed by atoms with Crippen LogP contribution in [0.1, 0.15) is 38.3 Å². The van der Waals surface area contributed by atoms with Gasteiger partial charge < -0.3 is 31.1 Å². The van der Waals surface area contributed by atoms with E-state index in [2.05, 4.69) is 20.3 Å². The van der Waals surface area contributed by atoms with E-state index in [4.69, 9.17) is 10.5 Å². The molecule has 26 heavy (non-hydrogen) atoms. The number of imidazole rings is 1. The Labute approximate surface area is 150 Å². The van der Waals surface area contributed by atoms with Gasteiger partial charge in [0, 0.05) is 6.04 Å². The minimum absolute atomic E-state index is 0.235. The van der Waals surface area contributed by atoms with Gasteiger partial charge in [0.25, 0.3) is 0 Å². The Kier molecular flexibility index (Phi) is 4.65. The molecule has 10 heteroatoms. The first-order valence-corrected chi connectivity index (χ1v) is 8.97. The van der Waals surface area contributed by atoms with E-state index in [9.17, 15) is 15.3 Å². The van der Waals surface area contributed by atoms with Crippen molar-refractivity contribution in [2.75, 3.05) is 17.7 Å². The molecule has 142 valence electrons. The van der Waals surface area contributed by atoms with Gasteiger partial charge in [0.05, 0.1) is 12.9 Å². The van der Waals surface area contributed by atoms with Gasteiger partial charge in [-0.25, -0.2) is 4.98 Å². The summed E-state index contributed by atoms with van der Waals surface area (Å²) < 4.78 is 7.09. The molecule has 2 aromatic heterocycles. The predicted molar refractivity (Wildman–Crippen MR) is 93.2 cm³/mol. The van der Waals surface area contributed by atoms with E-state index in [1.807, 2.05) is 0 Å². The Hall–Kier alpha value is -2.01. The molecule has 2 aliphatic rings. The van der Waals surface area contributed by atoms with Crippen LogP contribution in [0.15, 0.2) is 6.33 Å². The van der Waals surface area contributed by atoms with E-state index in [0.29, 0.717) is 23.2 Å². The fourth-order valence-electron chi connectivity index (χ4n) is 3.73. The number of nitrogens with two attached hydrogens (primary N) is 1. The summed E-state index contributed by atoms with van der Waals surface area (Å²) in [6.07, 6.45) is 2.99. The Morgan fingerprint density at radius 1 is 1.19 bits per heavy atom. The fraction of sp³-hybridized carbons (Fsp3) is 0.688. The summed E-state index contributed by atoms with van der Waals surface area (Å²) >= 11 is 0. The highest BCUT2D eigenvalue weighted by molar-refractivity contribution is 5.83. The summed E-state index contributed by atoms with van der Waals surface area (Å²) in [6, 6.07) is 0.311. The number of ether oxygens (including phenoxy) is 1. The standard InChI is InChI=1S/C16H24N6O4/c17-13-10-14(21-16(20-13)19-8-4-2-1-3-5-8)22(7-18-10)15-12(25)11(24)9(6-23)26-15/h7-9,11-12,15,23-25H,1-6H2,(H3,17,19,20,21)/t9-,11-,12-,15-/m1/s1. The highest BCUT2D eigenvalue weighted by Crippen LogP contribution is 2.32. The minimum Gasteiger partial charge on any atom is -0.394 e. The summed E-state index contributed by atoms with van der Waals surface area (Å²) in [5.74, 6) is 0.647. The van der Waals surface area contributed by atoms with Crippen LogP contribution in [-0.4, -0.2) is 65.8 Å². The van der Waals surface area contributed by atoms with Crippen molar-refractivity contribution in [2.45, 2.75) is 62.7 Å². The number of aliphatic hydroxyl groups excluding tert-OH is 3. The average Bonchev–Trinajstić information content (AvgIpc) is 3.18. The van der Waals surface area contributed by atoms with Gasteiger partial charge >= 0.3 is 0 Å². The van der Waals surface area contributed by atoms with E-state index in [0.717, 1.165) is 12.8 Å². The predicted octanol–water partition coefficient (Wildman–Crippen LogP) is -0.235. The maximum Gasteiger partial charge on any atom is 0.226 e. The molecule has 0 unspecified atom stereocenters. The van der Waals surface area contributed by atoms with Crippen LogP contribution in [0.4, 0.5) is 11.8 Å². The number of nitrogens with zero attached hydrogens (tertiary/aromatic N) is 4. The first kappa shape index (κ1) is 17.4. The number of anilines is 2. The summed E-state index contributed by atoms with van der Waals surface area (Å²) in [6.45, 7) is -0.396. The van der Waals surface area contributed by atoms with Gasteiger partial charge in [0.15, 0.2) is 17.7 Å². The molecule has 6 N–H and O–H groups in total. The number of nitrogen functional groups attached to an aromatic ring is 1. The molecule has 4 rings (SSSR count). The van der Waals surface area contributed by atoms with E-state index >= 15 is 0 Å². The molecule has 10 nitrogen and oxygen atoms in total. The topological polar surface area (TPSA) is 152 Å². The monoisotopic (exact) mass is 364 g/mol. The van der Waals surface area contributed by atoms with E-state index in [1.54, 1.807) is 0 Å². The molecule has 3 heterocycles. The molecule has 1 aliphatic heterocycles. The zero-order valence-electron chi connectivity index (χ0n) is 14.3. The van der Waals surface area contributed by atoms with E-state index < -0.39 is 31.1 Å². The molecule has 1 saturated carbocycles. The number of fused-ring (bicyclic) bond motifs is 1. The van der Waals surface area contributed by atoms with Crippen molar-refractivity contribution in [3.05, 3.63) is 6.33 Å². The van der Waals surface area contributed by atoms with Gasteiger partial charge in [-0.05, 0) is 12.8 Å². The van der Waals surface area contributed by atoms with Crippen LogP contribution < -0.4 is 11.1 Å². The number of aliphatic hydroxyl groups is 3. The van der Waals surface area contributed by atoms with Crippen molar-refractivity contribution < 1.29 is 20.1 Å². The number of hydrogen-bond acceptors (Lipinski definition) is 9. The van der Waals surface area contributed by atoms with Gasteiger partial charge in [-0.3, -0.25) is 4.57 Å². The lowest BCUT2D eigenvalue weighted by molar-refractivity contribution is -0.0511. The molecule has 0 spiro atoms. The smallest absolute Gasteiger partial charge is 0.226 e. The van der Waals surface area contributed by atoms with Crippen molar-refractivity contribution in [1.82, 2.24) is 19.5 Å². The second-order valence-electron chi connectivity index (χ2n) is 6.96. The van der Waals surface area contributed by atoms with Crippen molar-refractivity contribution in [1.29, 1.82) is 0 Å². The molecule has 4 atom stereocenters. The maximum atomic E-state index is 10.3. The van der Waals surface area contributed by atoms with Gasteiger partial charge in [0.1, 0.15) is 23.8 Å². The van der Waals surface area contributed by atoms with Gasteiger partial charge in [-0.2, -0.15) is 9.97 Å².